The van der Waals surface area contributed by atoms with Gasteiger partial charge in [-0.1, -0.05) is 12.5 Å². The van der Waals surface area contributed by atoms with Crippen LogP contribution in [0.5, 0.6) is 0 Å². The second-order valence-electron chi connectivity index (χ2n) is 5.28. The van der Waals surface area contributed by atoms with Crippen molar-refractivity contribution in [3.63, 3.8) is 0 Å². The van der Waals surface area contributed by atoms with Crippen LogP contribution >= 0.6 is 0 Å². The molecule has 2 bridgehead atoms. The first-order valence-electron chi connectivity index (χ1n) is 6.48. The molecule has 1 saturated carbocycles. The summed E-state index contributed by atoms with van der Waals surface area (Å²) in [5.41, 5.74) is 1.25. The summed E-state index contributed by atoms with van der Waals surface area (Å²) < 4.78 is 0. The van der Waals surface area contributed by atoms with Crippen molar-refractivity contribution in [2.75, 3.05) is 13.1 Å². The van der Waals surface area contributed by atoms with Crippen LogP contribution in [0, 0.1) is 11.8 Å². The molecule has 3 rings (SSSR count). The third-order valence-electron chi connectivity index (χ3n) is 4.00. The maximum atomic E-state index is 12.0. The third kappa shape index (κ3) is 2.25. The third-order valence-corrected chi connectivity index (χ3v) is 4.00. The lowest BCUT2D eigenvalue weighted by molar-refractivity contribution is -0.134. The molecule has 0 spiro atoms. The number of aromatic nitrogens is 1. The van der Waals surface area contributed by atoms with Gasteiger partial charge in [0.2, 0.25) is 0 Å². The van der Waals surface area contributed by atoms with Gasteiger partial charge in [0, 0.05) is 43.9 Å². The maximum absolute atomic E-state index is 12.0. The van der Waals surface area contributed by atoms with Crippen LogP contribution in [0.2, 0.25) is 0 Å². The van der Waals surface area contributed by atoms with E-state index in [-0.39, 0.29) is 0 Å². The van der Waals surface area contributed by atoms with Crippen LogP contribution in [0.4, 0.5) is 0 Å². The number of likely N-dealkylation sites (tertiary alicyclic amines) is 1. The van der Waals surface area contributed by atoms with E-state index in [1.165, 1.54) is 12.0 Å². The van der Waals surface area contributed by atoms with E-state index in [0.717, 1.165) is 32.5 Å². The standard InChI is InChI=1S/C14H18N2O/c17-14-12-4-1-5-13(14)10-16(9-12)8-11-3-2-6-15-7-11/h2-3,6-7,12-13H,1,4-5,8-10H2/t12-,13+. The number of ketones is 1. The van der Waals surface area contributed by atoms with E-state index in [1.54, 1.807) is 6.20 Å². The lowest BCUT2D eigenvalue weighted by atomic mass is 9.76. The zero-order valence-corrected chi connectivity index (χ0v) is 10.0. The first-order valence-corrected chi connectivity index (χ1v) is 6.48. The van der Waals surface area contributed by atoms with Gasteiger partial charge < -0.3 is 0 Å². The molecule has 0 radical (unpaired) electrons. The van der Waals surface area contributed by atoms with Gasteiger partial charge in [-0.2, -0.15) is 0 Å². The number of carbonyl (C=O) groups excluding carboxylic acids is 1. The largest absolute Gasteiger partial charge is 0.299 e. The van der Waals surface area contributed by atoms with E-state index in [2.05, 4.69) is 16.0 Å². The van der Waals surface area contributed by atoms with Gasteiger partial charge in [0.25, 0.3) is 0 Å². The minimum atomic E-state index is 0.305. The first kappa shape index (κ1) is 10.9. The highest BCUT2D eigenvalue weighted by Crippen LogP contribution is 2.31. The Kier molecular flexibility index (Phi) is 2.93. The Morgan fingerprint density at radius 1 is 1.29 bits per heavy atom. The van der Waals surface area contributed by atoms with Crippen LogP contribution < -0.4 is 0 Å². The average Bonchev–Trinajstić information content (AvgIpc) is 2.32. The zero-order valence-electron chi connectivity index (χ0n) is 10.0. The van der Waals surface area contributed by atoms with Crippen molar-refractivity contribution in [1.29, 1.82) is 0 Å². The Hall–Kier alpha value is -1.22. The molecule has 0 amide bonds. The quantitative estimate of drug-likeness (QED) is 0.777. The summed E-state index contributed by atoms with van der Waals surface area (Å²) in [5.74, 6) is 1.14. The summed E-state index contributed by atoms with van der Waals surface area (Å²) in [6.45, 7) is 2.84. The summed E-state index contributed by atoms with van der Waals surface area (Å²) in [5, 5.41) is 0. The Morgan fingerprint density at radius 2 is 2.06 bits per heavy atom. The van der Waals surface area contributed by atoms with Gasteiger partial charge in [0.05, 0.1) is 0 Å². The van der Waals surface area contributed by atoms with E-state index in [4.69, 9.17) is 0 Å². The number of fused-ring (bicyclic) bond motifs is 2. The number of pyridine rings is 1. The number of hydrogen-bond donors (Lipinski definition) is 0. The Bertz CT molecular complexity index is 388. The second-order valence-corrected chi connectivity index (χ2v) is 5.28. The Morgan fingerprint density at radius 3 is 2.71 bits per heavy atom. The molecule has 2 fully saturated rings. The van der Waals surface area contributed by atoms with Gasteiger partial charge in [-0.15, -0.1) is 0 Å². The molecule has 3 nitrogen and oxygen atoms in total. The highest BCUT2D eigenvalue weighted by atomic mass is 16.1. The molecule has 1 aromatic heterocycles. The van der Waals surface area contributed by atoms with Crippen molar-refractivity contribution in [1.82, 2.24) is 9.88 Å². The molecule has 1 aromatic rings. The van der Waals surface area contributed by atoms with Crippen molar-refractivity contribution in [2.24, 2.45) is 11.8 Å². The van der Waals surface area contributed by atoms with E-state index in [0.29, 0.717) is 17.6 Å². The molecular weight excluding hydrogens is 212 g/mol. The lowest BCUT2D eigenvalue weighted by Crippen LogP contribution is -2.48. The van der Waals surface area contributed by atoms with Crippen LogP contribution in [0.1, 0.15) is 24.8 Å². The molecule has 90 valence electrons. The average molecular weight is 230 g/mol. The molecule has 3 heteroatoms. The number of rotatable bonds is 2. The first-order chi connectivity index (χ1) is 8.33. The summed E-state index contributed by atoms with van der Waals surface area (Å²) in [6, 6.07) is 4.09. The highest BCUT2D eigenvalue weighted by Gasteiger charge is 2.37. The SMILES string of the molecule is O=C1[C@@H]2CCC[C@H]1CN(Cc1cccnc1)C2. The molecule has 2 aliphatic rings. The van der Waals surface area contributed by atoms with Crippen LogP contribution in [0.25, 0.3) is 0 Å². The maximum Gasteiger partial charge on any atom is 0.141 e. The fraction of sp³-hybridized carbons (Fsp3) is 0.571. The molecule has 1 aliphatic heterocycles. The van der Waals surface area contributed by atoms with Crippen molar-refractivity contribution in [3.05, 3.63) is 30.1 Å². The van der Waals surface area contributed by atoms with Crippen LogP contribution in [-0.4, -0.2) is 28.8 Å². The van der Waals surface area contributed by atoms with Crippen LogP contribution in [0.15, 0.2) is 24.5 Å². The van der Waals surface area contributed by atoms with Gasteiger partial charge in [0.15, 0.2) is 0 Å². The Balaban J connectivity index is 1.68. The van der Waals surface area contributed by atoms with Crippen molar-refractivity contribution in [2.45, 2.75) is 25.8 Å². The number of piperidine rings is 1. The molecule has 2 heterocycles. The smallest absolute Gasteiger partial charge is 0.141 e. The van der Waals surface area contributed by atoms with Crippen LogP contribution in [-0.2, 0) is 11.3 Å². The fourth-order valence-corrected chi connectivity index (χ4v) is 3.17. The minimum Gasteiger partial charge on any atom is -0.299 e. The predicted molar refractivity (Wildman–Crippen MR) is 65.4 cm³/mol. The molecule has 0 aromatic carbocycles. The number of carbonyl (C=O) groups is 1. The molecule has 17 heavy (non-hydrogen) atoms. The second kappa shape index (κ2) is 4.57. The zero-order chi connectivity index (χ0) is 11.7. The van der Waals surface area contributed by atoms with Gasteiger partial charge in [0.1, 0.15) is 5.78 Å². The Labute approximate surface area is 102 Å². The molecule has 1 aliphatic carbocycles. The molecule has 1 saturated heterocycles. The normalized spacial score (nSPS) is 29.3. The lowest BCUT2D eigenvalue weighted by Gasteiger charge is -2.40. The predicted octanol–water partition coefficient (Wildman–Crippen LogP) is 1.88. The van der Waals surface area contributed by atoms with Crippen molar-refractivity contribution in [3.8, 4) is 0 Å². The van der Waals surface area contributed by atoms with Gasteiger partial charge in [-0.05, 0) is 24.5 Å². The number of hydrogen-bond acceptors (Lipinski definition) is 3. The summed E-state index contributed by atoms with van der Waals surface area (Å²) in [4.78, 5) is 18.5. The van der Waals surface area contributed by atoms with E-state index in [1.807, 2.05) is 12.3 Å². The topological polar surface area (TPSA) is 33.2 Å². The highest BCUT2D eigenvalue weighted by molar-refractivity contribution is 5.85. The summed E-state index contributed by atoms with van der Waals surface area (Å²) >= 11 is 0. The van der Waals surface area contributed by atoms with Gasteiger partial charge in [-0.3, -0.25) is 14.7 Å². The fourth-order valence-electron chi connectivity index (χ4n) is 3.17. The van der Waals surface area contributed by atoms with Gasteiger partial charge >= 0.3 is 0 Å². The molecule has 0 N–H and O–H groups in total. The van der Waals surface area contributed by atoms with Gasteiger partial charge in [-0.25, -0.2) is 0 Å². The summed E-state index contributed by atoms with van der Waals surface area (Å²) in [7, 11) is 0. The minimum absolute atomic E-state index is 0.305. The molecule has 2 atom stereocenters. The molecule has 0 unspecified atom stereocenters. The van der Waals surface area contributed by atoms with Crippen LogP contribution in [0.3, 0.4) is 0 Å². The number of nitrogens with zero attached hydrogens (tertiary/aromatic N) is 2. The summed E-state index contributed by atoms with van der Waals surface area (Å²) in [6.07, 6.45) is 7.16. The number of Topliss-reactive ketones (excluding diaryl/α,β-unsaturated/α-hetero) is 1. The monoisotopic (exact) mass is 230 g/mol. The van der Waals surface area contributed by atoms with Crippen molar-refractivity contribution >= 4 is 5.78 Å². The van der Waals surface area contributed by atoms with E-state index >= 15 is 0 Å². The van der Waals surface area contributed by atoms with E-state index in [9.17, 15) is 4.79 Å². The van der Waals surface area contributed by atoms with E-state index < -0.39 is 0 Å². The molecular formula is C14H18N2O. The van der Waals surface area contributed by atoms with Crippen molar-refractivity contribution < 1.29 is 4.79 Å².